The molecular formula is C14H19ClN4O2. The van der Waals surface area contributed by atoms with E-state index < -0.39 is 0 Å². The van der Waals surface area contributed by atoms with Gasteiger partial charge in [-0.1, -0.05) is 11.6 Å². The molecule has 0 atom stereocenters. The molecule has 7 heteroatoms. The van der Waals surface area contributed by atoms with Crippen molar-refractivity contribution < 1.29 is 9.59 Å². The van der Waals surface area contributed by atoms with E-state index in [9.17, 15) is 9.59 Å². The Labute approximate surface area is 128 Å². The summed E-state index contributed by atoms with van der Waals surface area (Å²) >= 11 is 5.95. The highest BCUT2D eigenvalue weighted by Gasteiger charge is 2.21. The monoisotopic (exact) mass is 310 g/mol. The molecule has 1 saturated heterocycles. The molecule has 0 spiro atoms. The molecule has 6 nitrogen and oxygen atoms in total. The fourth-order valence-corrected chi connectivity index (χ4v) is 2.58. The van der Waals surface area contributed by atoms with Gasteiger partial charge in [0.1, 0.15) is 0 Å². The molecule has 1 heterocycles. The van der Waals surface area contributed by atoms with E-state index in [2.05, 4.69) is 0 Å². The Morgan fingerprint density at radius 1 is 1.19 bits per heavy atom. The summed E-state index contributed by atoms with van der Waals surface area (Å²) in [6.07, 6.45) is 0.807. The molecule has 0 saturated carbocycles. The topological polar surface area (TPSA) is 92.7 Å². The Bertz CT molecular complexity index is 550. The third-order valence-corrected chi connectivity index (χ3v) is 3.83. The minimum atomic E-state index is -0.347. The van der Waals surface area contributed by atoms with Crippen molar-refractivity contribution in [2.75, 3.05) is 38.5 Å². The van der Waals surface area contributed by atoms with Gasteiger partial charge in [-0.25, -0.2) is 0 Å². The van der Waals surface area contributed by atoms with Crippen molar-refractivity contribution in [2.45, 2.75) is 6.42 Å². The third-order valence-electron chi connectivity index (χ3n) is 3.50. The molecule has 4 N–H and O–H groups in total. The second-order valence-corrected chi connectivity index (χ2v) is 5.53. The quantitative estimate of drug-likeness (QED) is 0.798. The third kappa shape index (κ3) is 4.09. The molecule has 2 amide bonds. The maximum atomic E-state index is 12.5. The lowest BCUT2D eigenvalue weighted by Crippen LogP contribution is -2.38. The molecule has 0 radical (unpaired) electrons. The van der Waals surface area contributed by atoms with E-state index in [1.165, 1.54) is 0 Å². The number of hydrogen-bond donors (Lipinski definition) is 2. The smallest absolute Gasteiger partial charge is 0.253 e. The van der Waals surface area contributed by atoms with Crippen LogP contribution in [0.25, 0.3) is 0 Å². The van der Waals surface area contributed by atoms with Gasteiger partial charge in [0, 0.05) is 31.7 Å². The molecular weight excluding hydrogens is 292 g/mol. The van der Waals surface area contributed by atoms with Gasteiger partial charge in [0.2, 0.25) is 5.91 Å². The number of anilines is 1. The predicted molar refractivity (Wildman–Crippen MR) is 82.0 cm³/mol. The first kappa shape index (κ1) is 15.6. The number of carbonyl (C=O) groups excluding carboxylic acids is 2. The molecule has 114 valence electrons. The van der Waals surface area contributed by atoms with Crippen LogP contribution in [0, 0.1) is 0 Å². The zero-order chi connectivity index (χ0) is 15.4. The van der Waals surface area contributed by atoms with Gasteiger partial charge in [-0.05, 0) is 24.6 Å². The molecule has 2 rings (SSSR count). The van der Waals surface area contributed by atoms with Crippen LogP contribution in [0.4, 0.5) is 5.69 Å². The van der Waals surface area contributed by atoms with Crippen LogP contribution in [0.2, 0.25) is 5.02 Å². The Hall–Kier alpha value is -1.79. The highest BCUT2D eigenvalue weighted by molar-refractivity contribution is 6.33. The summed E-state index contributed by atoms with van der Waals surface area (Å²) < 4.78 is 0. The fraction of sp³-hybridized carbons (Fsp3) is 0.429. The number of carbonyl (C=O) groups is 2. The largest absolute Gasteiger partial charge is 0.398 e. The standard InChI is InChI=1S/C14H19ClN4O2/c15-11-8-10(2-3-12(11)16)14(21)19-5-1-4-18(6-7-19)9-13(17)20/h2-3,8H,1,4-7,9,16H2,(H2,17,20). The van der Waals surface area contributed by atoms with Crippen molar-refractivity contribution in [1.82, 2.24) is 9.80 Å². The van der Waals surface area contributed by atoms with E-state index in [1.54, 1.807) is 23.1 Å². The molecule has 1 aliphatic rings. The molecule has 0 bridgehead atoms. The Balaban J connectivity index is 2.02. The minimum absolute atomic E-state index is 0.0715. The predicted octanol–water partition coefficient (Wildman–Crippen LogP) is 0.555. The molecule has 1 aliphatic heterocycles. The van der Waals surface area contributed by atoms with Gasteiger partial charge < -0.3 is 16.4 Å². The molecule has 1 fully saturated rings. The lowest BCUT2D eigenvalue weighted by molar-refractivity contribution is -0.119. The normalized spacial score (nSPS) is 16.5. The van der Waals surface area contributed by atoms with Crippen LogP contribution in [0.3, 0.4) is 0 Å². The number of benzene rings is 1. The summed E-state index contributed by atoms with van der Waals surface area (Å²) in [6, 6.07) is 4.90. The molecule has 1 aromatic rings. The van der Waals surface area contributed by atoms with Crippen LogP contribution in [0.1, 0.15) is 16.8 Å². The first-order valence-electron chi connectivity index (χ1n) is 6.82. The number of amides is 2. The molecule has 1 aromatic carbocycles. The first-order chi connectivity index (χ1) is 9.97. The Kier molecular flexibility index (Phi) is 5.03. The number of nitrogen functional groups attached to an aromatic ring is 1. The van der Waals surface area contributed by atoms with Crippen LogP contribution in [-0.4, -0.2) is 54.3 Å². The lowest BCUT2D eigenvalue weighted by atomic mass is 10.1. The lowest BCUT2D eigenvalue weighted by Gasteiger charge is -2.21. The van der Waals surface area contributed by atoms with Gasteiger partial charge in [-0.2, -0.15) is 0 Å². The van der Waals surface area contributed by atoms with Crippen molar-refractivity contribution >= 4 is 29.1 Å². The highest BCUT2D eigenvalue weighted by Crippen LogP contribution is 2.21. The molecule has 0 unspecified atom stereocenters. The van der Waals surface area contributed by atoms with Gasteiger partial charge >= 0.3 is 0 Å². The van der Waals surface area contributed by atoms with Crippen LogP contribution in [0.15, 0.2) is 18.2 Å². The minimum Gasteiger partial charge on any atom is -0.398 e. The first-order valence-corrected chi connectivity index (χ1v) is 7.20. The van der Waals surface area contributed by atoms with Crippen LogP contribution < -0.4 is 11.5 Å². The summed E-state index contributed by atoms with van der Waals surface area (Å²) in [6.45, 7) is 2.84. The van der Waals surface area contributed by atoms with E-state index in [4.69, 9.17) is 23.1 Å². The zero-order valence-electron chi connectivity index (χ0n) is 11.7. The van der Waals surface area contributed by atoms with E-state index in [0.29, 0.717) is 35.9 Å². The highest BCUT2D eigenvalue weighted by atomic mass is 35.5. The van der Waals surface area contributed by atoms with Crippen molar-refractivity contribution in [3.8, 4) is 0 Å². The molecule has 21 heavy (non-hydrogen) atoms. The Morgan fingerprint density at radius 2 is 1.95 bits per heavy atom. The SMILES string of the molecule is NC(=O)CN1CCCN(C(=O)c2ccc(N)c(Cl)c2)CC1. The van der Waals surface area contributed by atoms with E-state index in [0.717, 1.165) is 13.0 Å². The summed E-state index contributed by atoms with van der Waals surface area (Å²) in [5.74, 6) is -0.419. The van der Waals surface area contributed by atoms with Crippen molar-refractivity contribution in [3.63, 3.8) is 0 Å². The zero-order valence-corrected chi connectivity index (χ0v) is 12.5. The summed E-state index contributed by atoms with van der Waals surface area (Å²) in [5.41, 5.74) is 11.8. The number of rotatable bonds is 3. The second kappa shape index (κ2) is 6.78. The van der Waals surface area contributed by atoms with Crippen LogP contribution in [0.5, 0.6) is 0 Å². The van der Waals surface area contributed by atoms with Gasteiger partial charge in [0.15, 0.2) is 0 Å². The summed E-state index contributed by atoms with van der Waals surface area (Å²) in [4.78, 5) is 27.2. The average molecular weight is 311 g/mol. The van der Waals surface area contributed by atoms with Gasteiger partial charge in [-0.3, -0.25) is 14.5 Å². The fourth-order valence-electron chi connectivity index (χ4n) is 2.40. The van der Waals surface area contributed by atoms with Gasteiger partial charge in [0.25, 0.3) is 5.91 Å². The van der Waals surface area contributed by atoms with Gasteiger partial charge in [-0.15, -0.1) is 0 Å². The van der Waals surface area contributed by atoms with Crippen LogP contribution >= 0.6 is 11.6 Å². The molecule has 0 aliphatic carbocycles. The van der Waals surface area contributed by atoms with E-state index in [-0.39, 0.29) is 18.4 Å². The van der Waals surface area contributed by atoms with Crippen molar-refractivity contribution in [3.05, 3.63) is 28.8 Å². The number of nitrogens with two attached hydrogens (primary N) is 2. The maximum absolute atomic E-state index is 12.5. The van der Waals surface area contributed by atoms with E-state index in [1.807, 2.05) is 4.90 Å². The van der Waals surface area contributed by atoms with Crippen LogP contribution in [-0.2, 0) is 4.79 Å². The van der Waals surface area contributed by atoms with Crippen molar-refractivity contribution in [1.29, 1.82) is 0 Å². The molecule has 0 aromatic heterocycles. The second-order valence-electron chi connectivity index (χ2n) is 5.12. The van der Waals surface area contributed by atoms with Crippen molar-refractivity contribution in [2.24, 2.45) is 5.73 Å². The number of nitrogens with zero attached hydrogens (tertiary/aromatic N) is 2. The number of halogens is 1. The maximum Gasteiger partial charge on any atom is 0.253 e. The number of hydrogen-bond acceptors (Lipinski definition) is 4. The summed E-state index contributed by atoms with van der Waals surface area (Å²) in [7, 11) is 0. The average Bonchev–Trinajstić information content (AvgIpc) is 2.66. The van der Waals surface area contributed by atoms with E-state index >= 15 is 0 Å². The summed E-state index contributed by atoms with van der Waals surface area (Å²) in [5, 5.41) is 0.381. The Morgan fingerprint density at radius 3 is 2.62 bits per heavy atom. The van der Waals surface area contributed by atoms with Gasteiger partial charge in [0.05, 0.1) is 17.3 Å². The number of primary amides is 1.